The minimum absolute atomic E-state index is 0.286. The molecule has 1 aromatic heterocycles. The van der Waals surface area contributed by atoms with Crippen LogP contribution in [0.3, 0.4) is 0 Å². The van der Waals surface area contributed by atoms with Gasteiger partial charge in [-0.2, -0.15) is 0 Å². The first-order valence-electron chi connectivity index (χ1n) is 6.40. The maximum Gasteiger partial charge on any atom is 0.280 e. The molecule has 0 fully saturated rings. The van der Waals surface area contributed by atoms with E-state index in [1.165, 1.54) is 17.8 Å². The van der Waals surface area contributed by atoms with E-state index >= 15 is 0 Å². The molecule has 3 rings (SSSR count). The van der Waals surface area contributed by atoms with Crippen molar-refractivity contribution in [2.24, 2.45) is 0 Å². The van der Waals surface area contributed by atoms with Crippen LogP contribution in [0.15, 0.2) is 56.9 Å². The van der Waals surface area contributed by atoms with Crippen LogP contribution < -0.4 is 11.4 Å². The van der Waals surface area contributed by atoms with E-state index in [1.54, 1.807) is 36.4 Å². The number of fused-ring (bicyclic) bond motifs is 1. The number of thioether (sulfide) groups is 1. The summed E-state index contributed by atoms with van der Waals surface area (Å²) in [4.78, 5) is 16.6. The van der Waals surface area contributed by atoms with Gasteiger partial charge in [-0.1, -0.05) is 45.9 Å². The molecular formula is C15H11BrFN3OS. The fraction of sp³-hybridized carbons (Fsp3) is 0.0667. The molecule has 7 heteroatoms. The Morgan fingerprint density at radius 1 is 1.27 bits per heavy atom. The van der Waals surface area contributed by atoms with Gasteiger partial charge >= 0.3 is 0 Å². The number of nitrogens with zero attached hydrogens (tertiary/aromatic N) is 2. The van der Waals surface area contributed by atoms with Crippen LogP contribution >= 0.6 is 27.7 Å². The van der Waals surface area contributed by atoms with E-state index in [-0.39, 0.29) is 11.4 Å². The highest BCUT2D eigenvalue weighted by atomic mass is 79.9. The fourth-order valence-electron chi connectivity index (χ4n) is 2.01. The molecule has 0 aliphatic heterocycles. The average molecular weight is 380 g/mol. The molecule has 0 unspecified atom stereocenters. The summed E-state index contributed by atoms with van der Waals surface area (Å²) in [5, 5.41) is 0.787. The summed E-state index contributed by atoms with van der Waals surface area (Å²) in [5.41, 5.74) is 0.769. The molecule has 0 saturated carbocycles. The SMILES string of the molecule is Nn1c(SCc2ccccc2F)nc2ccc(Br)cc2c1=O. The minimum Gasteiger partial charge on any atom is -0.334 e. The predicted octanol–water partition coefficient (Wildman–Crippen LogP) is 3.30. The molecule has 3 aromatic rings. The summed E-state index contributed by atoms with van der Waals surface area (Å²) in [7, 11) is 0. The molecule has 0 atom stereocenters. The first-order chi connectivity index (χ1) is 10.6. The Morgan fingerprint density at radius 2 is 2.05 bits per heavy atom. The molecule has 22 heavy (non-hydrogen) atoms. The van der Waals surface area contributed by atoms with Crippen molar-refractivity contribution < 1.29 is 4.39 Å². The molecule has 0 spiro atoms. The first-order valence-corrected chi connectivity index (χ1v) is 8.18. The number of halogens is 2. The molecule has 2 N–H and O–H groups in total. The molecule has 0 radical (unpaired) electrons. The molecule has 4 nitrogen and oxygen atoms in total. The standard InChI is InChI=1S/C15H11BrFN3OS/c16-10-5-6-13-11(7-10)14(21)20(18)15(19-13)22-8-9-3-1-2-4-12(9)17/h1-7H,8,18H2. The van der Waals surface area contributed by atoms with Crippen LogP contribution in [0, 0.1) is 5.82 Å². The number of nitrogen functional groups attached to an aromatic ring is 1. The van der Waals surface area contributed by atoms with Crippen LogP contribution in [0.5, 0.6) is 0 Å². The van der Waals surface area contributed by atoms with Crippen LogP contribution in [-0.2, 0) is 5.75 Å². The third-order valence-corrected chi connectivity index (χ3v) is 4.64. The highest BCUT2D eigenvalue weighted by Gasteiger charge is 2.11. The lowest BCUT2D eigenvalue weighted by atomic mass is 10.2. The monoisotopic (exact) mass is 379 g/mol. The second kappa shape index (κ2) is 6.10. The van der Waals surface area contributed by atoms with Crippen molar-refractivity contribution in [3.63, 3.8) is 0 Å². The number of rotatable bonds is 3. The minimum atomic E-state index is -0.331. The van der Waals surface area contributed by atoms with Gasteiger partial charge in [-0.25, -0.2) is 14.1 Å². The van der Waals surface area contributed by atoms with Gasteiger partial charge in [0.2, 0.25) is 0 Å². The molecule has 0 saturated heterocycles. The lowest BCUT2D eigenvalue weighted by Gasteiger charge is -2.09. The van der Waals surface area contributed by atoms with Crippen LogP contribution in [0.25, 0.3) is 10.9 Å². The lowest BCUT2D eigenvalue weighted by Crippen LogP contribution is -2.29. The van der Waals surface area contributed by atoms with Gasteiger partial charge < -0.3 is 5.84 Å². The molecular weight excluding hydrogens is 369 g/mol. The van der Waals surface area contributed by atoms with E-state index in [0.717, 1.165) is 9.15 Å². The van der Waals surface area contributed by atoms with Gasteiger partial charge in [0, 0.05) is 10.2 Å². The van der Waals surface area contributed by atoms with E-state index in [4.69, 9.17) is 5.84 Å². The Hall–Kier alpha value is -1.86. The third kappa shape index (κ3) is 2.86. The number of hydrogen-bond acceptors (Lipinski definition) is 4. The molecule has 2 aromatic carbocycles. The average Bonchev–Trinajstić information content (AvgIpc) is 2.51. The van der Waals surface area contributed by atoms with E-state index < -0.39 is 0 Å². The van der Waals surface area contributed by atoms with E-state index in [0.29, 0.717) is 27.4 Å². The Morgan fingerprint density at radius 3 is 2.82 bits per heavy atom. The largest absolute Gasteiger partial charge is 0.334 e. The van der Waals surface area contributed by atoms with Gasteiger partial charge in [0.1, 0.15) is 5.82 Å². The number of nitrogens with two attached hydrogens (primary N) is 1. The molecule has 0 amide bonds. The molecule has 112 valence electrons. The van der Waals surface area contributed by atoms with Gasteiger partial charge in [0.25, 0.3) is 5.56 Å². The lowest BCUT2D eigenvalue weighted by molar-refractivity contribution is 0.617. The summed E-state index contributed by atoms with van der Waals surface area (Å²) in [6.07, 6.45) is 0. The van der Waals surface area contributed by atoms with Gasteiger partial charge in [-0.3, -0.25) is 4.79 Å². The quantitative estimate of drug-likeness (QED) is 0.430. The van der Waals surface area contributed by atoms with E-state index in [2.05, 4.69) is 20.9 Å². The summed E-state index contributed by atoms with van der Waals surface area (Å²) >= 11 is 4.54. The van der Waals surface area contributed by atoms with Crippen LogP contribution in [0.4, 0.5) is 4.39 Å². The van der Waals surface area contributed by atoms with Crippen LogP contribution in [0.2, 0.25) is 0 Å². The highest BCUT2D eigenvalue weighted by Crippen LogP contribution is 2.23. The highest BCUT2D eigenvalue weighted by molar-refractivity contribution is 9.10. The zero-order valence-corrected chi connectivity index (χ0v) is 13.7. The number of aromatic nitrogens is 2. The van der Waals surface area contributed by atoms with E-state index in [1.807, 2.05) is 0 Å². The fourth-order valence-corrected chi connectivity index (χ4v) is 3.27. The third-order valence-electron chi connectivity index (χ3n) is 3.14. The smallest absolute Gasteiger partial charge is 0.280 e. The Balaban J connectivity index is 1.98. The Bertz CT molecular complexity index is 913. The summed E-state index contributed by atoms with van der Waals surface area (Å²) < 4.78 is 15.4. The summed E-state index contributed by atoms with van der Waals surface area (Å²) in [6, 6.07) is 11.7. The van der Waals surface area contributed by atoms with Crippen molar-refractivity contribution in [2.75, 3.05) is 5.84 Å². The predicted molar refractivity (Wildman–Crippen MR) is 89.8 cm³/mol. The Labute approximate surface area is 138 Å². The first kappa shape index (κ1) is 15.1. The summed E-state index contributed by atoms with van der Waals surface area (Å²) in [6.45, 7) is 0. The molecule has 1 heterocycles. The van der Waals surface area contributed by atoms with Crippen LogP contribution in [0.1, 0.15) is 5.56 Å². The number of benzene rings is 2. The Kier molecular flexibility index (Phi) is 4.17. The van der Waals surface area contributed by atoms with Crippen molar-refractivity contribution >= 4 is 38.6 Å². The van der Waals surface area contributed by atoms with Crippen molar-refractivity contribution in [2.45, 2.75) is 10.9 Å². The van der Waals surface area contributed by atoms with Crippen LogP contribution in [-0.4, -0.2) is 9.66 Å². The zero-order valence-electron chi connectivity index (χ0n) is 11.3. The number of hydrogen-bond donors (Lipinski definition) is 1. The second-order valence-corrected chi connectivity index (χ2v) is 6.47. The van der Waals surface area contributed by atoms with Crippen molar-refractivity contribution in [1.82, 2.24) is 9.66 Å². The topological polar surface area (TPSA) is 60.9 Å². The van der Waals surface area contributed by atoms with Crippen molar-refractivity contribution in [1.29, 1.82) is 0 Å². The second-order valence-electron chi connectivity index (χ2n) is 4.61. The van der Waals surface area contributed by atoms with Gasteiger partial charge in [0.15, 0.2) is 5.16 Å². The summed E-state index contributed by atoms with van der Waals surface area (Å²) in [5.74, 6) is 5.87. The molecule has 0 bridgehead atoms. The molecule has 0 aliphatic carbocycles. The maximum atomic E-state index is 13.6. The van der Waals surface area contributed by atoms with Gasteiger partial charge in [-0.05, 0) is 29.8 Å². The maximum absolute atomic E-state index is 13.6. The normalized spacial score (nSPS) is 11.0. The van der Waals surface area contributed by atoms with E-state index in [9.17, 15) is 9.18 Å². The van der Waals surface area contributed by atoms with Crippen molar-refractivity contribution in [3.8, 4) is 0 Å². The van der Waals surface area contributed by atoms with Gasteiger partial charge in [-0.15, -0.1) is 0 Å². The molecule has 0 aliphatic rings. The van der Waals surface area contributed by atoms with Gasteiger partial charge in [0.05, 0.1) is 10.9 Å². The van der Waals surface area contributed by atoms with Crippen molar-refractivity contribution in [3.05, 3.63) is 68.7 Å². The zero-order chi connectivity index (χ0) is 15.7.